The van der Waals surface area contributed by atoms with Gasteiger partial charge in [0.05, 0.1) is 0 Å². The van der Waals surface area contributed by atoms with E-state index in [2.05, 4.69) is 0 Å². The molecule has 0 saturated carbocycles. The number of hydrogen-bond donors (Lipinski definition) is 1. The van der Waals surface area contributed by atoms with Crippen molar-refractivity contribution in [2.24, 2.45) is 5.73 Å². The van der Waals surface area contributed by atoms with Gasteiger partial charge in [0.1, 0.15) is 5.82 Å². The van der Waals surface area contributed by atoms with Crippen molar-refractivity contribution < 1.29 is 9.18 Å². The third-order valence-electron chi connectivity index (χ3n) is 3.71. The van der Waals surface area contributed by atoms with Crippen molar-refractivity contribution in [3.05, 3.63) is 41.7 Å². The first-order valence-corrected chi connectivity index (χ1v) is 7.08. The van der Waals surface area contributed by atoms with Crippen molar-refractivity contribution in [2.45, 2.75) is 38.3 Å². The van der Waals surface area contributed by atoms with Crippen molar-refractivity contribution >= 4 is 12.0 Å². The van der Waals surface area contributed by atoms with E-state index in [0.717, 1.165) is 25.8 Å². The predicted molar refractivity (Wildman–Crippen MR) is 78.4 cm³/mol. The molecule has 0 aromatic heterocycles. The number of hydrogen-bond acceptors (Lipinski definition) is 2. The van der Waals surface area contributed by atoms with E-state index < -0.39 is 0 Å². The number of piperidine rings is 1. The summed E-state index contributed by atoms with van der Waals surface area (Å²) < 4.78 is 13.1. The summed E-state index contributed by atoms with van der Waals surface area (Å²) in [5.41, 5.74) is 6.64. The van der Waals surface area contributed by atoms with Crippen molar-refractivity contribution in [2.75, 3.05) is 6.54 Å². The molecule has 20 heavy (non-hydrogen) atoms. The van der Waals surface area contributed by atoms with Gasteiger partial charge in [-0.2, -0.15) is 0 Å². The molecule has 1 aliphatic rings. The number of rotatable bonds is 3. The summed E-state index contributed by atoms with van der Waals surface area (Å²) in [5, 5.41) is 0. The van der Waals surface area contributed by atoms with Crippen LogP contribution in [0, 0.1) is 5.82 Å². The Morgan fingerprint density at radius 2 is 2.30 bits per heavy atom. The van der Waals surface area contributed by atoms with Crippen molar-refractivity contribution in [1.29, 1.82) is 0 Å². The van der Waals surface area contributed by atoms with Gasteiger partial charge in [-0.25, -0.2) is 4.39 Å². The lowest BCUT2D eigenvalue weighted by Crippen LogP contribution is -2.51. The Balaban J connectivity index is 2.06. The van der Waals surface area contributed by atoms with Crippen LogP contribution in [-0.4, -0.2) is 29.4 Å². The molecule has 0 spiro atoms. The second-order valence-electron chi connectivity index (χ2n) is 5.34. The molecule has 0 radical (unpaired) electrons. The molecule has 1 aromatic carbocycles. The van der Waals surface area contributed by atoms with E-state index in [0.29, 0.717) is 5.56 Å². The second kappa shape index (κ2) is 6.66. The summed E-state index contributed by atoms with van der Waals surface area (Å²) in [5.74, 6) is -0.345. The van der Waals surface area contributed by atoms with Crippen LogP contribution in [0.1, 0.15) is 31.7 Å². The van der Waals surface area contributed by atoms with Crippen LogP contribution >= 0.6 is 0 Å². The van der Waals surface area contributed by atoms with Gasteiger partial charge in [-0.05, 0) is 50.0 Å². The van der Waals surface area contributed by atoms with Gasteiger partial charge >= 0.3 is 0 Å². The summed E-state index contributed by atoms with van der Waals surface area (Å²) in [6, 6.07) is 6.27. The first-order chi connectivity index (χ1) is 9.58. The van der Waals surface area contributed by atoms with Crippen LogP contribution < -0.4 is 5.73 Å². The Kier molecular flexibility index (Phi) is 4.90. The zero-order valence-corrected chi connectivity index (χ0v) is 11.8. The van der Waals surface area contributed by atoms with Gasteiger partial charge < -0.3 is 10.6 Å². The van der Waals surface area contributed by atoms with Crippen LogP contribution in [0.4, 0.5) is 4.39 Å². The summed E-state index contributed by atoms with van der Waals surface area (Å²) in [6.07, 6.45) is 6.25. The molecule has 0 bridgehead atoms. The number of nitrogens with zero attached hydrogens (tertiary/aromatic N) is 1. The van der Waals surface area contributed by atoms with Crippen LogP contribution in [0.5, 0.6) is 0 Å². The fourth-order valence-corrected chi connectivity index (χ4v) is 2.65. The smallest absolute Gasteiger partial charge is 0.246 e. The SMILES string of the molecule is CC(N)C1CCCCN1C(=O)C=Cc1cccc(F)c1. The van der Waals surface area contributed by atoms with Gasteiger partial charge in [0, 0.05) is 24.7 Å². The highest BCUT2D eigenvalue weighted by atomic mass is 19.1. The first-order valence-electron chi connectivity index (χ1n) is 7.08. The number of likely N-dealkylation sites (tertiary alicyclic amines) is 1. The molecule has 1 aliphatic heterocycles. The minimum Gasteiger partial charge on any atom is -0.335 e. The number of carbonyl (C=O) groups excluding carboxylic acids is 1. The number of carbonyl (C=O) groups is 1. The van der Waals surface area contributed by atoms with E-state index in [4.69, 9.17) is 5.73 Å². The molecule has 2 atom stereocenters. The zero-order chi connectivity index (χ0) is 14.5. The molecule has 2 unspecified atom stereocenters. The van der Waals surface area contributed by atoms with Crippen molar-refractivity contribution in [3.63, 3.8) is 0 Å². The maximum Gasteiger partial charge on any atom is 0.246 e. The van der Waals surface area contributed by atoms with Crippen LogP contribution in [-0.2, 0) is 4.79 Å². The maximum absolute atomic E-state index is 13.1. The zero-order valence-electron chi connectivity index (χ0n) is 11.8. The van der Waals surface area contributed by atoms with Crippen molar-refractivity contribution in [1.82, 2.24) is 4.90 Å². The minimum atomic E-state index is -0.300. The third kappa shape index (κ3) is 3.67. The molecule has 1 saturated heterocycles. The quantitative estimate of drug-likeness (QED) is 0.862. The van der Waals surface area contributed by atoms with Crippen molar-refractivity contribution in [3.8, 4) is 0 Å². The van der Waals surface area contributed by atoms with E-state index in [9.17, 15) is 9.18 Å². The monoisotopic (exact) mass is 276 g/mol. The molecular weight excluding hydrogens is 255 g/mol. The van der Waals surface area contributed by atoms with Gasteiger partial charge in [-0.15, -0.1) is 0 Å². The molecule has 108 valence electrons. The fourth-order valence-electron chi connectivity index (χ4n) is 2.65. The molecule has 1 fully saturated rings. The largest absolute Gasteiger partial charge is 0.335 e. The average molecular weight is 276 g/mol. The normalized spacial score (nSPS) is 21.1. The van der Waals surface area contributed by atoms with Crippen LogP contribution in [0.3, 0.4) is 0 Å². The van der Waals surface area contributed by atoms with Gasteiger partial charge in [0.15, 0.2) is 0 Å². The third-order valence-corrected chi connectivity index (χ3v) is 3.71. The molecule has 2 N–H and O–H groups in total. The molecule has 0 aliphatic carbocycles. The Morgan fingerprint density at radius 3 is 3.00 bits per heavy atom. The molecule has 1 heterocycles. The van der Waals surface area contributed by atoms with Crippen LogP contribution in [0.15, 0.2) is 30.3 Å². The van der Waals surface area contributed by atoms with E-state index in [1.807, 2.05) is 11.8 Å². The summed E-state index contributed by atoms with van der Waals surface area (Å²) in [4.78, 5) is 14.1. The Hall–Kier alpha value is -1.68. The second-order valence-corrected chi connectivity index (χ2v) is 5.34. The molecule has 2 rings (SSSR count). The number of amides is 1. The lowest BCUT2D eigenvalue weighted by atomic mass is 9.97. The molecule has 1 amide bonds. The Morgan fingerprint density at radius 1 is 1.50 bits per heavy atom. The topological polar surface area (TPSA) is 46.3 Å². The van der Waals surface area contributed by atoms with Gasteiger partial charge in [0.25, 0.3) is 0 Å². The average Bonchev–Trinajstić information content (AvgIpc) is 2.45. The molecular formula is C16H21FN2O. The Bertz CT molecular complexity index is 499. The summed E-state index contributed by atoms with van der Waals surface area (Å²) in [6.45, 7) is 2.69. The minimum absolute atomic E-state index is 0.0261. The van der Waals surface area contributed by atoms with Crippen LogP contribution in [0.25, 0.3) is 6.08 Å². The molecule has 1 aromatic rings. The van der Waals surface area contributed by atoms with E-state index >= 15 is 0 Å². The predicted octanol–water partition coefficient (Wildman–Crippen LogP) is 2.57. The van der Waals surface area contributed by atoms with Crippen LogP contribution in [0.2, 0.25) is 0 Å². The summed E-state index contributed by atoms with van der Waals surface area (Å²) in [7, 11) is 0. The maximum atomic E-state index is 13.1. The van der Waals surface area contributed by atoms with E-state index in [1.54, 1.807) is 18.2 Å². The van der Waals surface area contributed by atoms with Gasteiger partial charge in [-0.1, -0.05) is 12.1 Å². The Labute approximate surface area is 119 Å². The number of halogens is 1. The number of benzene rings is 1. The van der Waals surface area contributed by atoms with Gasteiger partial charge in [0.2, 0.25) is 5.91 Å². The molecule has 3 nitrogen and oxygen atoms in total. The number of nitrogens with two attached hydrogens (primary N) is 1. The highest BCUT2D eigenvalue weighted by Crippen LogP contribution is 2.19. The lowest BCUT2D eigenvalue weighted by molar-refractivity contribution is -0.129. The standard InChI is InChI=1S/C16H21FN2O/c1-12(18)15-7-2-3-10-19(15)16(20)9-8-13-5-4-6-14(17)11-13/h4-6,8-9,11-12,15H,2-3,7,10,18H2,1H3. The highest BCUT2D eigenvalue weighted by Gasteiger charge is 2.27. The van der Waals surface area contributed by atoms with Gasteiger partial charge in [-0.3, -0.25) is 4.79 Å². The van der Waals surface area contributed by atoms with E-state index in [1.165, 1.54) is 18.2 Å². The summed E-state index contributed by atoms with van der Waals surface area (Å²) >= 11 is 0. The van der Waals surface area contributed by atoms with E-state index in [-0.39, 0.29) is 23.8 Å². The highest BCUT2D eigenvalue weighted by molar-refractivity contribution is 5.92. The molecule has 4 heteroatoms. The fraction of sp³-hybridized carbons (Fsp3) is 0.438. The first kappa shape index (κ1) is 14.7. The lowest BCUT2D eigenvalue weighted by Gasteiger charge is -2.37.